The molecule has 0 fully saturated rings. The number of nitrogens with zero attached hydrogens (tertiary/aromatic N) is 1. The second kappa shape index (κ2) is 7.19. The van der Waals surface area contributed by atoms with Crippen molar-refractivity contribution >= 4 is 34.8 Å². The summed E-state index contributed by atoms with van der Waals surface area (Å²) in [7, 11) is 0. The molecule has 1 aliphatic heterocycles. The first-order valence-electron chi connectivity index (χ1n) is 8.48. The topological polar surface area (TPSA) is 58.6 Å². The highest BCUT2D eigenvalue weighted by atomic mass is 35.5. The zero-order valence-corrected chi connectivity index (χ0v) is 16.1. The van der Waals surface area contributed by atoms with Gasteiger partial charge in [0.15, 0.2) is 6.61 Å². The van der Waals surface area contributed by atoms with Gasteiger partial charge in [-0.1, -0.05) is 38.4 Å². The Labute approximate surface area is 162 Å². The van der Waals surface area contributed by atoms with Crippen LogP contribution in [0.2, 0.25) is 5.02 Å². The Morgan fingerprint density at radius 3 is 2.70 bits per heavy atom. The van der Waals surface area contributed by atoms with Gasteiger partial charge in [-0.05, 0) is 30.3 Å². The van der Waals surface area contributed by atoms with E-state index in [1.54, 1.807) is 45.0 Å². The minimum atomic E-state index is -0.567. The number of ether oxygens (including phenoxy) is 1. The summed E-state index contributed by atoms with van der Waals surface area (Å²) in [5.41, 5.74) is 0.640. The van der Waals surface area contributed by atoms with Crippen LogP contribution in [0.4, 0.5) is 15.8 Å². The Morgan fingerprint density at radius 1 is 1.30 bits per heavy atom. The van der Waals surface area contributed by atoms with Crippen LogP contribution in [0.15, 0.2) is 36.4 Å². The molecule has 7 heteroatoms. The molecule has 0 saturated heterocycles. The lowest BCUT2D eigenvalue weighted by Gasteiger charge is -2.30. The number of carbonyl (C=O) groups excluding carboxylic acids is 2. The van der Waals surface area contributed by atoms with Crippen molar-refractivity contribution in [3.05, 3.63) is 52.8 Å². The molecule has 2 aromatic carbocycles. The quantitative estimate of drug-likeness (QED) is 0.845. The van der Waals surface area contributed by atoms with E-state index in [-0.39, 0.29) is 35.6 Å². The molecule has 0 unspecified atom stereocenters. The van der Waals surface area contributed by atoms with Crippen LogP contribution in [0.3, 0.4) is 0 Å². The first-order chi connectivity index (χ1) is 12.7. The Hall–Kier alpha value is -2.60. The highest BCUT2D eigenvalue weighted by Gasteiger charge is 2.28. The normalized spacial score (nSPS) is 13.8. The molecular weight excluding hydrogens is 371 g/mol. The Kier molecular flexibility index (Phi) is 5.11. The lowest BCUT2D eigenvalue weighted by atomic mass is 9.95. The van der Waals surface area contributed by atoms with Crippen molar-refractivity contribution in [3.8, 4) is 5.75 Å². The molecule has 0 bridgehead atoms. The Morgan fingerprint density at radius 2 is 2.04 bits per heavy atom. The van der Waals surface area contributed by atoms with E-state index in [1.807, 2.05) is 0 Å². The molecule has 5 nitrogen and oxygen atoms in total. The van der Waals surface area contributed by atoms with E-state index in [0.717, 1.165) is 0 Å². The number of benzene rings is 2. The molecule has 0 saturated carbocycles. The third kappa shape index (κ3) is 4.06. The summed E-state index contributed by atoms with van der Waals surface area (Å²) >= 11 is 6.11. The van der Waals surface area contributed by atoms with E-state index >= 15 is 0 Å². The fourth-order valence-corrected chi connectivity index (χ4v) is 2.84. The van der Waals surface area contributed by atoms with Gasteiger partial charge in [0.2, 0.25) is 5.91 Å². The smallest absolute Gasteiger partial charge is 0.265 e. The standard InChI is InChI=1S/C20H20ClFN2O3/c1-20(2,3)19(26)23-12-7-8-17-16(9-12)24(18(25)11-27-17)10-13-14(21)5-4-6-15(13)22/h4-9H,10-11H2,1-3H3,(H,23,26). The summed E-state index contributed by atoms with van der Waals surface area (Å²) in [5.74, 6) is -0.480. The summed E-state index contributed by atoms with van der Waals surface area (Å²) in [4.78, 5) is 26.1. The fraction of sp³-hybridized carbons (Fsp3) is 0.300. The number of fused-ring (bicyclic) bond motifs is 1. The van der Waals surface area contributed by atoms with Crippen LogP contribution in [-0.4, -0.2) is 18.4 Å². The third-order valence-electron chi connectivity index (χ3n) is 4.22. The van der Waals surface area contributed by atoms with Gasteiger partial charge < -0.3 is 15.0 Å². The summed E-state index contributed by atoms with van der Waals surface area (Å²) in [6.45, 7) is 5.24. The highest BCUT2D eigenvalue weighted by Crippen LogP contribution is 2.36. The number of carbonyl (C=O) groups is 2. The summed E-state index contributed by atoms with van der Waals surface area (Å²) in [5, 5.41) is 3.06. The average molecular weight is 391 g/mol. The van der Waals surface area contributed by atoms with Gasteiger partial charge in [-0.2, -0.15) is 0 Å². The molecule has 0 spiro atoms. The Bertz CT molecular complexity index is 888. The molecular formula is C20H20ClFN2O3. The molecule has 27 heavy (non-hydrogen) atoms. The van der Waals surface area contributed by atoms with Gasteiger partial charge in [0, 0.05) is 21.7 Å². The van der Waals surface area contributed by atoms with E-state index in [4.69, 9.17) is 16.3 Å². The number of halogens is 2. The molecule has 1 aliphatic rings. The van der Waals surface area contributed by atoms with Crippen LogP contribution in [0.25, 0.3) is 0 Å². The molecule has 142 valence electrons. The van der Waals surface area contributed by atoms with Gasteiger partial charge in [-0.15, -0.1) is 0 Å². The SMILES string of the molecule is CC(C)(C)C(=O)Nc1ccc2c(c1)N(Cc1c(F)cccc1Cl)C(=O)CO2. The zero-order chi connectivity index (χ0) is 19.8. The van der Waals surface area contributed by atoms with Gasteiger partial charge in [-0.25, -0.2) is 4.39 Å². The molecule has 3 rings (SSSR count). The van der Waals surface area contributed by atoms with Gasteiger partial charge in [0.25, 0.3) is 5.91 Å². The molecule has 2 amide bonds. The van der Waals surface area contributed by atoms with E-state index in [9.17, 15) is 14.0 Å². The van der Waals surface area contributed by atoms with Crippen LogP contribution >= 0.6 is 11.6 Å². The maximum atomic E-state index is 14.2. The van der Waals surface area contributed by atoms with Crippen molar-refractivity contribution in [2.75, 3.05) is 16.8 Å². The van der Waals surface area contributed by atoms with Crippen LogP contribution in [0.5, 0.6) is 5.75 Å². The monoisotopic (exact) mass is 390 g/mol. The van der Waals surface area contributed by atoms with E-state index < -0.39 is 11.2 Å². The van der Waals surface area contributed by atoms with Crippen molar-refractivity contribution in [1.29, 1.82) is 0 Å². The Balaban J connectivity index is 1.95. The van der Waals surface area contributed by atoms with Crippen LogP contribution in [-0.2, 0) is 16.1 Å². The minimum absolute atomic E-state index is 0.0304. The second-order valence-corrected chi connectivity index (χ2v) is 7.76. The number of rotatable bonds is 3. The van der Waals surface area contributed by atoms with Crippen molar-refractivity contribution < 1.29 is 18.7 Å². The van der Waals surface area contributed by atoms with Crippen LogP contribution in [0.1, 0.15) is 26.3 Å². The first-order valence-corrected chi connectivity index (χ1v) is 8.86. The van der Waals surface area contributed by atoms with Gasteiger partial charge in [-0.3, -0.25) is 9.59 Å². The molecule has 0 aromatic heterocycles. The molecule has 0 radical (unpaired) electrons. The number of hydrogen-bond donors (Lipinski definition) is 1. The number of nitrogens with one attached hydrogen (secondary N) is 1. The lowest BCUT2D eigenvalue weighted by Crippen LogP contribution is -2.38. The van der Waals surface area contributed by atoms with Crippen molar-refractivity contribution in [2.45, 2.75) is 27.3 Å². The zero-order valence-electron chi connectivity index (χ0n) is 15.3. The molecule has 1 N–H and O–H groups in total. The molecule has 2 aromatic rings. The van der Waals surface area contributed by atoms with Crippen LogP contribution in [0, 0.1) is 11.2 Å². The molecule has 1 heterocycles. The minimum Gasteiger partial charge on any atom is -0.482 e. The van der Waals surface area contributed by atoms with Crippen molar-refractivity contribution in [2.24, 2.45) is 5.41 Å². The predicted molar refractivity (Wildman–Crippen MR) is 103 cm³/mol. The van der Waals surface area contributed by atoms with Crippen molar-refractivity contribution in [1.82, 2.24) is 0 Å². The van der Waals surface area contributed by atoms with E-state index in [0.29, 0.717) is 17.1 Å². The average Bonchev–Trinajstić information content (AvgIpc) is 2.59. The molecule has 0 aliphatic carbocycles. The van der Waals surface area contributed by atoms with E-state index in [1.165, 1.54) is 17.0 Å². The number of anilines is 2. The third-order valence-corrected chi connectivity index (χ3v) is 4.57. The second-order valence-electron chi connectivity index (χ2n) is 7.36. The van der Waals surface area contributed by atoms with E-state index in [2.05, 4.69) is 5.32 Å². The summed E-state index contributed by atoms with van der Waals surface area (Å²) in [6.07, 6.45) is 0. The largest absolute Gasteiger partial charge is 0.482 e. The summed E-state index contributed by atoms with van der Waals surface area (Å²) < 4.78 is 19.6. The highest BCUT2D eigenvalue weighted by molar-refractivity contribution is 6.31. The van der Waals surface area contributed by atoms with Gasteiger partial charge in [0.1, 0.15) is 11.6 Å². The predicted octanol–water partition coefficient (Wildman–Crippen LogP) is 4.39. The lowest BCUT2D eigenvalue weighted by molar-refractivity contribution is -0.123. The van der Waals surface area contributed by atoms with Gasteiger partial charge >= 0.3 is 0 Å². The maximum Gasteiger partial charge on any atom is 0.265 e. The first kappa shape index (κ1) is 19.2. The van der Waals surface area contributed by atoms with Crippen molar-refractivity contribution in [3.63, 3.8) is 0 Å². The number of amides is 2. The van der Waals surface area contributed by atoms with Gasteiger partial charge in [0.05, 0.1) is 12.2 Å². The van der Waals surface area contributed by atoms with Crippen LogP contribution < -0.4 is 15.0 Å². The summed E-state index contributed by atoms with van der Waals surface area (Å²) in [6, 6.07) is 9.41. The number of hydrogen-bond acceptors (Lipinski definition) is 3. The maximum absolute atomic E-state index is 14.2. The fourth-order valence-electron chi connectivity index (χ4n) is 2.61. The molecule has 0 atom stereocenters.